The molecule has 0 aliphatic carbocycles. The Hall–Kier alpha value is -0.680. The molecule has 13 heavy (non-hydrogen) atoms. The van der Waals surface area contributed by atoms with Gasteiger partial charge in [-0.15, -0.1) is 0 Å². The molecule has 0 aliphatic heterocycles. The molecule has 1 aromatic rings. The van der Waals surface area contributed by atoms with Gasteiger partial charge in [-0.05, 0) is 36.0 Å². The van der Waals surface area contributed by atoms with Crippen LogP contribution in [0.5, 0.6) is 0 Å². The van der Waals surface area contributed by atoms with Gasteiger partial charge in [0.1, 0.15) is 0 Å². The summed E-state index contributed by atoms with van der Waals surface area (Å²) in [5, 5.41) is 0. The molecule has 1 aromatic heterocycles. The van der Waals surface area contributed by atoms with Gasteiger partial charge in [0.15, 0.2) is 0 Å². The summed E-state index contributed by atoms with van der Waals surface area (Å²) >= 11 is 2.78. The molecule has 0 N–H and O–H groups in total. The van der Waals surface area contributed by atoms with Gasteiger partial charge in [0.2, 0.25) is 0 Å². The Morgan fingerprint density at radius 3 is 2.62 bits per heavy atom. The SMILES string of the molecule is CSN(SC)C(=O)c1cccnc1. The second-order valence-corrected chi connectivity index (χ2v) is 3.86. The first kappa shape index (κ1) is 10.4. The predicted molar refractivity (Wildman–Crippen MR) is 57.4 cm³/mol. The van der Waals surface area contributed by atoms with Crippen molar-refractivity contribution in [2.45, 2.75) is 0 Å². The lowest BCUT2D eigenvalue weighted by molar-refractivity contribution is 0.0934. The summed E-state index contributed by atoms with van der Waals surface area (Å²) in [6.45, 7) is 0. The van der Waals surface area contributed by atoms with Crippen LogP contribution in [-0.4, -0.2) is 27.1 Å². The Kier molecular flexibility index (Phi) is 4.11. The molecule has 0 atom stereocenters. The third kappa shape index (κ3) is 2.63. The lowest BCUT2D eigenvalue weighted by Crippen LogP contribution is -2.16. The van der Waals surface area contributed by atoms with Crippen molar-refractivity contribution in [2.24, 2.45) is 0 Å². The van der Waals surface area contributed by atoms with Gasteiger partial charge in [-0.2, -0.15) is 0 Å². The normalized spacial score (nSPS) is 9.69. The van der Waals surface area contributed by atoms with E-state index in [-0.39, 0.29) is 5.91 Å². The summed E-state index contributed by atoms with van der Waals surface area (Å²) in [4.78, 5) is 15.5. The lowest BCUT2D eigenvalue weighted by Gasteiger charge is -2.14. The van der Waals surface area contributed by atoms with Crippen LogP contribution in [0, 0.1) is 0 Å². The van der Waals surface area contributed by atoms with Crippen molar-refractivity contribution in [1.82, 2.24) is 8.69 Å². The summed E-state index contributed by atoms with van der Waals surface area (Å²) in [5.41, 5.74) is 0.617. The average molecular weight is 214 g/mol. The van der Waals surface area contributed by atoms with E-state index in [1.807, 2.05) is 12.5 Å². The fourth-order valence-corrected chi connectivity index (χ4v) is 1.97. The summed E-state index contributed by atoms with van der Waals surface area (Å²) in [7, 11) is 0. The van der Waals surface area contributed by atoms with Gasteiger partial charge in [-0.3, -0.25) is 9.78 Å². The van der Waals surface area contributed by atoms with Gasteiger partial charge in [-0.25, -0.2) is 3.71 Å². The molecule has 0 saturated carbocycles. The molecule has 0 bridgehead atoms. The molecule has 1 amide bonds. The molecule has 0 unspecified atom stereocenters. The molecule has 0 radical (unpaired) electrons. The van der Waals surface area contributed by atoms with Gasteiger partial charge in [0.25, 0.3) is 5.91 Å². The molecule has 3 nitrogen and oxygen atoms in total. The summed E-state index contributed by atoms with van der Waals surface area (Å²) in [6, 6.07) is 3.51. The maximum absolute atomic E-state index is 11.7. The Morgan fingerprint density at radius 2 is 2.15 bits per heavy atom. The van der Waals surface area contributed by atoms with Crippen molar-refractivity contribution < 1.29 is 4.79 Å². The van der Waals surface area contributed by atoms with Gasteiger partial charge >= 0.3 is 0 Å². The number of hydrogen-bond donors (Lipinski definition) is 0. The maximum Gasteiger partial charge on any atom is 0.275 e. The zero-order chi connectivity index (χ0) is 9.68. The topological polar surface area (TPSA) is 33.2 Å². The van der Waals surface area contributed by atoms with E-state index >= 15 is 0 Å². The molecule has 70 valence electrons. The largest absolute Gasteiger partial charge is 0.275 e. The van der Waals surface area contributed by atoms with Crippen LogP contribution in [0.4, 0.5) is 0 Å². The number of amides is 1. The van der Waals surface area contributed by atoms with Gasteiger partial charge in [0, 0.05) is 24.9 Å². The minimum absolute atomic E-state index is 0.0203. The molecule has 1 heterocycles. The van der Waals surface area contributed by atoms with E-state index in [0.29, 0.717) is 5.56 Å². The fourth-order valence-electron chi connectivity index (χ4n) is 0.835. The van der Waals surface area contributed by atoms with Gasteiger partial charge in [0.05, 0.1) is 5.56 Å². The molecule has 5 heteroatoms. The summed E-state index contributed by atoms with van der Waals surface area (Å²) < 4.78 is 1.61. The van der Waals surface area contributed by atoms with E-state index in [0.717, 1.165) is 0 Å². The Morgan fingerprint density at radius 1 is 1.46 bits per heavy atom. The van der Waals surface area contributed by atoms with E-state index in [9.17, 15) is 4.79 Å². The highest BCUT2D eigenvalue weighted by atomic mass is 32.2. The number of pyridine rings is 1. The lowest BCUT2D eigenvalue weighted by atomic mass is 10.3. The molecule has 0 aliphatic rings. The van der Waals surface area contributed by atoms with Crippen LogP contribution in [-0.2, 0) is 0 Å². The van der Waals surface area contributed by atoms with Gasteiger partial charge in [-0.1, -0.05) is 0 Å². The van der Waals surface area contributed by atoms with E-state index in [2.05, 4.69) is 4.98 Å². The average Bonchev–Trinajstić information content (AvgIpc) is 2.21. The Labute approximate surface area is 86.2 Å². The zero-order valence-corrected chi connectivity index (χ0v) is 9.06. The zero-order valence-electron chi connectivity index (χ0n) is 7.43. The molecule has 0 aromatic carbocycles. The van der Waals surface area contributed by atoms with Crippen LogP contribution < -0.4 is 0 Å². The smallest absolute Gasteiger partial charge is 0.267 e. The standard InChI is InChI=1S/C8H10N2OS2/c1-12-10(13-2)8(11)7-4-3-5-9-6-7/h3-6H,1-2H3. The van der Waals surface area contributed by atoms with Crippen molar-refractivity contribution >= 4 is 29.8 Å². The molecule has 0 fully saturated rings. The third-order valence-corrected chi connectivity index (χ3v) is 3.30. The minimum atomic E-state index is -0.0203. The van der Waals surface area contributed by atoms with Crippen LogP contribution in [0.1, 0.15) is 10.4 Å². The van der Waals surface area contributed by atoms with E-state index < -0.39 is 0 Å². The van der Waals surface area contributed by atoms with Crippen molar-refractivity contribution in [3.8, 4) is 0 Å². The highest BCUT2D eigenvalue weighted by Crippen LogP contribution is 2.19. The maximum atomic E-state index is 11.7. The second kappa shape index (κ2) is 5.14. The van der Waals surface area contributed by atoms with Crippen molar-refractivity contribution in [1.29, 1.82) is 0 Å². The number of hydrogen-bond acceptors (Lipinski definition) is 4. The number of carbonyl (C=O) groups excluding carboxylic acids is 1. The Bertz CT molecular complexity index is 275. The minimum Gasteiger partial charge on any atom is -0.267 e. The quantitative estimate of drug-likeness (QED) is 0.721. The summed E-state index contributed by atoms with van der Waals surface area (Å²) in [6.07, 6.45) is 6.95. The predicted octanol–water partition coefficient (Wildman–Crippen LogP) is 2.08. The molecule has 1 rings (SSSR count). The molecule has 0 spiro atoms. The van der Waals surface area contributed by atoms with Gasteiger partial charge < -0.3 is 0 Å². The molecular weight excluding hydrogens is 204 g/mol. The number of carbonyl (C=O) groups is 1. The van der Waals surface area contributed by atoms with E-state index in [4.69, 9.17) is 0 Å². The first-order chi connectivity index (χ1) is 6.29. The first-order valence-corrected chi connectivity index (χ1v) is 5.98. The molecular formula is C8H10N2OS2. The number of rotatable bonds is 3. The van der Waals surface area contributed by atoms with Crippen molar-refractivity contribution in [3.63, 3.8) is 0 Å². The third-order valence-electron chi connectivity index (χ3n) is 1.41. The number of nitrogens with zero attached hydrogens (tertiary/aromatic N) is 2. The first-order valence-electron chi connectivity index (χ1n) is 3.62. The highest BCUT2D eigenvalue weighted by molar-refractivity contribution is 8.12. The Balaban J connectivity index is 2.78. The van der Waals surface area contributed by atoms with Crippen LogP contribution >= 0.6 is 23.9 Å². The fraction of sp³-hybridized carbons (Fsp3) is 0.250. The molecule has 0 saturated heterocycles. The van der Waals surface area contributed by atoms with E-state index in [1.165, 1.54) is 23.9 Å². The van der Waals surface area contributed by atoms with Crippen LogP contribution in [0.15, 0.2) is 24.5 Å². The van der Waals surface area contributed by atoms with E-state index in [1.54, 1.807) is 28.2 Å². The van der Waals surface area contributed by atoms with Crippen molar-refractivity contribution in [3.05, 3.63) is 30.1 Å². The summed E-state index contributed by atoms with van der Waals surface area (Å²) in [5.74, 6) is -0.0203. The van der Waals surface area contributed by atoms with Crippen molar-refractivity contribution in [2.75, 3.05) is 12.5 Å². The highest BCUT2D eigenvalue weighted by Gasteiger charge is 2.13. The monoisotopic (exact) mass is 214 g/mol. The second-order valence-electron chi connectivity index (χ2n) is 2.17. The van der Waals surface area contributed by atoms with Crippen LogP contribution in [0.2, 0.25) is 0 Å². The van der Waals surface area contributed by atoms with Crippen LogP contribution in [0.25, 0.3) is 0 Å². The number of aromatic nitrogens is 1. The van der Waals surface area contributed by atoms with Crippen LogP contribution in [0.3, 0.4) is 0 Å².